The molecule has 0 aliphatic rings. The SMILES string of the molecule is O=C(CNC(=O)c1ccc(Br)s1)NCc1ccccc1Oc1ccccc1. The van der Waals surface area contributed by atoms with Gasteiger partial charge in [-0.2, -0.15) is 0 Å². The normalized spacial score (nSPS) is 10.3. The van der Waals surface area contributed by atoms with Crippen LogP contribution in [0.4, 0.5) is 0 Å². The highest BCUT2D eigenvalue weighted by Gasteiger charge is 2.11. The summed E-state index contributed by atoms with van der Waals surface area (Å²) in [5.74, 6) is 0.865. The molecule has 0 atom stereocenters. The molecule has 3 aromatic rings. The van der Waals surface area contributed by atoms with E-state index in [4.69, 9.17) is 4.74 Å². The van der Waals surface area contributed by atoms with Gasteiger partial charge in [0.25, 0.3) is 5.91 Å². The fraction of sp³-hybridized carbons (Fsp3) is 0.100. The van der Waals surface area contributed by atoms with Gasteiger partial charge in [-0.05, 0) is 46.3 Å². The van der Waals surface area contributed by atoms with Crippen LogP contribution < -0.4 is 15.4 Å². The maximum atomic E-state index is 12.1. The summed E-state index contributed by atoms with van der Waals surface area (Å²) < 4.78 is 6.74. The van der Waals surface area contributed by atoms with Crippen molar-refractivity contribution >= 4 is 39.1 Å². The molecule has 7 heteroatoms. The standard InChI is InChI=1S/C20H17BrN2O3S/c21-18-11-10-17(27-18)20(25)23-13-19(24)22-12-14-6-4-5-9-16(14)26-15-7-2-1-3-8-15/h1-11H,12-13H2,(H,22,24)(H,23,25). The number of rotatable bonds is 7. The number of thiophene rings is 1. The first-order chi connectivity index (χ1) is 13.1. The Labute approximate surface area is 169 Å². The molecule has 3 rings (SSSR count). The molecule has 2 amide bonds. The second-order valence-corrected chi connectivity index (χ2v) is 8.05. The Kier molecular flexibility index (Phi) is 6.62. The van der Waals surface area contributed by atoms with Crippen LogP contribution in [0.1, 0.15) is 15.2 Å². The molecule has 0 saturated carbocycles. The molecule has 0 saturated heterocycles. The third kappa shape index (κ3) is 5.67. The van der Waals surface area contributed by atoms with Gasteiger partial charge in [0.1, 0.15) is 11.5 Å². The van der Waals surface area contributed by atoms with E-state index >= 15 is 0 Å². The molecular formula is C20H17BrN2O3S. The van der Waals surface area contributed by atoms with E-state index < -0.39 is 0 Å². The summed E-state index contributed by atoms with van der Waals surface area (Å²) in [6.07, 6.45) is 0. The number of carbonyl (C=O) groups is 2. The minimum atomic E-state index is -0.270. The van der Waals surface area contributed by atoms with Crippen molar-refractivity contribution in [3.05, 3.63) is 81.0 Å². The fourth-order valence-electron chi connectivity index (χ4n) is 2.31. The predicted octanol–water partition coefficient (Wildman–Crippen LogP) is 4.35. The van der Waals surface area contributed by atoms with Crippen molar-refractivity contribution < 1.29 is 14.3 Å². The van der Waals surface area contributed by atoms with E-state index in [1.54, 1.807) is 12.1 Å². The van der Waals surface area contributed by atoms with Crippen molar-refractivity contribution in [1.82, 2.24) is 10.6 Å². The smallest absolute Gasteiger partial charge is 0.261 e. The number of para-hydroxylation sites is 2. The van der Waals surface area contributed by atoms with Crippen LogP contribution in [0.25, 0.3) is 0 Å². The molecule has 5 nitrogen and oxygen atoms in total. The highest BCUT2D eigenvalue weighted by Crippen LogP contribution is 2.25. The first-order valence-electron chi connectivity index (χ1n) is 8.23. The molecule has 27 heavy (non-hydrogen) atoms. The van der Waals surface area contributed by atoms with Gasteiger partial charge in [0, 0.05) is 12.1 Å². The molecule has 0 radical (unpaired) electrons. The molecule has 1 heterocycles. The largest absolute Gasteiger partial charge is 0.457 e. The molecule has 0 bridgehead atoms. The molecule has 2 aromatic carbocycles. The minimum absolute atomic E-state index is 0.0872. The quantitative estimate of drug-likeness (QED) is 0.569. The van der Waals surface area contributed by atoms with Crippen molar-refractivity contribution in [2.24, 2.45) is 0 Å². The van der Waals surface area contributed by atoms with Crippen molar-refractivity contribution in [1.29, 1.82) is 0 Å². The van der Waals surface area contributed by atoms with E-state index in [2.05, 4.69) is 26.6 Å². The number of ether oxygens (including phenoxy) is 1. The van der Waals surface area contributed by atoms with Crippen LogP contribution in [0.3, 0.4) is 0 Å². The molecule has 0 aliphatic carbocycles. The van der Waals surface area contributed by atoms with Gasteiger partial charge in [-0.3, -0.25) is 9.59 Å². The monoisotopic (exact) mass is 444 g/mol. The molecule has 0 spiro atoms. The second-order valence-electron chi connectivity index (χ2n) is 5.59. The van der Waals surface area contributed by atoms with Gasteiger partial charge >= 0.3 is 0 Å². The van der Waals surface area contributed by atoms with Crippen molar-refractivity contribution in [2.75, 3.05) is 6.54 Å². The van der Waals surface area contributed by atoms with Gasteiger partial charge in [-0.15, -0.1) is 11.3 Å². The summed E-state index contributed by atoms with van der Waals surface area (Å²) in [5, 5.41) is 5.41. The Morgan fingerprint density at radius 3 is 2.41 bits per heavy atom. The van der Waals surface area contributed by atoms with Gasteiger partial charge < -0.3 is 15.4 Å². The Bertz CT molecular complexity index is 928. The zero-order valence-electron chi connectivity index (χ0n) is 14.3. The van der Waals surface area contributed by atoms with Crippen molar-refractivity contribution in [3.63, 3.8) is 0 Å². The van der Waals surface area contributed by atoms with E-state index in [0.717, 1.165) is 15.1 Å². The summed E-state index contributed by atoms with van der Waals surface area (Å²) in [7, 11) is 0. The third-order valence-electron chi connectivity index (χ3n) is 3.63. The predicted molar refractivity (Wildman–Crippen MR) is 109 cm³/mol. The Morgan fingerprint density at radius 1 is 0.926 bits per heavy atom. The maximum Gasteiger partial charge on any atom is 0.261 e. The first-order valence-corrected chi connectivity index (χ1v) is 9.84. The van der Waals surface area contributed by atoms with E-state index in [0.29, 0.717) is 17.2 Å². The van der Waals surface area contributed by atoms with Crippen LogP contribution in [0.5, 0.6) is 11.5 Å². The lowest BCUT2D eigenvalue weighted by Crippen LogP contribution is -2.36. The number of nitrogens with one attached hydrogen (secondary N) is 2. The molecular weight excluding hydrogens is 428 g/mol. The van der Waals surface area contributed by atoms with Crippen LogP contribution >= 0.6 is 27.3 Å². The number of hydrogen-bond donors (Lipinski definition) is 2. The number of hydrogen-bond acceptors (Lipinski definition) is 4. The lowest BCUT2D eigenvalue weighted by molar-refractivity contribution is -0.120. The van der Waals surface area contributed by atoms with E-state index in [-0.39, 0.29) is 18.4 Å². The van der Waals surface area contributed by atoms with Gasteiger partial charge in [0.15, 0.2) is 0 Å². The highest BCUT2D eigenvalue weighted by molar-refractivity contribution is 9.11. The summed E-state index contributed by atoms with van der Waals surface area (Å²) in [6.45, 7) is 0.221. The molecule has 138 valence electrons. The highest BCUT2D eigenvalue weighted by atomic mass is 79.9. The Morgan fingerprint density at radius 2 is 1.67 bits per heavy atom. The second kappa shape index (κ2) is 9.34. The van der Waals surface area contributed by atoms with Crippen LogP contribution in [0, 0.1) is 0 Å². The van der Waals surface area contributed by atoms with Gasteiger partial charge in [0.05, 0.1) is 15.2 Å². The molecule has 0 aliphatic heterocycles. The maximum absolute atomic E-state index is 12.1. The first kappa shape index (κ1) is 19.1. The van der Waals surface area contributed by atoms with Crippen molar-refractivity contribution in [2.45, 2.75) is 6.54 Å². The van der Waals surface area contributed by atoms with Crippen molar-refractivity contribution in [3.8, 4) is 11.5 Å². The van der Waals surface area contributed by atoms with Gasteiger partial charge in [0.2, 0.25) is 5.91 Å². The summed E-state index contributed by atoms with van der Waals surface area (Å²) in [5.41, 5.74) is 0.850. The van der Waals surface area contributed by atoms with E-state index in [1.807, 2.05) is 54.6 Å². The topological polar surface area (TPSA) is 67.4 Å². The summed E-state index contributed by atoms with van der Waals surface area (Å²) >= 11 is 4.63. The van der Waals surface area contributed by atoms with Crippen LogP contribution in [0.2, 0.25) is 0 Å². The average molecular weight is 445 g/mol. The van der Waals surface area contributed by atoms with Crippen LogP contribution in [-0.4, -0.2) is 18.4 Å². The fourth-order valence-corrected chi connectivity index (χ4v) is 3.61. The Balaban J connectivity index is 1.52. The molecule has 1 aromatic heterocycles. The van der Waals surface area contributed by atoms with Crippen LogP contribution in [-0.2, 0) is 11.3 Å². The van der Waals surface area contributed by atoms with E-state index in [9.17, 15) is 9.59 Å². The zero-order chi connectivity index (χ0) is 19.1. The average Bonchev–Trinajstić information content (AvgIpc) is 3.13. The van der Waals surface area contributed by atoms with E-state index in [1.165, 1.54) is 11.3 Å². The molecule has 0 unspecified atom stereocenters. The molecule has 2 N–H and O–H groups in total. The number of benzene rings is 2. The zero-order valence-corrected chi connectivity index (χ0v) is 16.7. The Hall–Kier alpha value is -2.64. The van der Waals surface area contributed by atoms with Gasteiger partial charge in [-0.25, -0.2) is 0 Å². The molecule has 0 fully saturated rings. The van der Waals surface area contributed by atoms with Crippen LogP contribution in [0.15, 0.2) is 70.5 Å². The lowest BCUT2D eigenvalue weighted by Gasteiger charge is -2.12. The van der Waals surface area contributed by atoms with Gasteiger partial charge in [-0.1, -0.05) is 36.4 Å². The number of amides is 2. The third-order valence-corrected chi connectivity index (χ3v) is 5.25. The minimum Gasteiger partial charge on any atom is -0.457 e. The number of halogens is 1. The lowest BCUT2D eigenvalue weighted by atomic mass is 10.2. The number of carbonyl (C=O) groups excluding carboxylic acids is 2. The summed E-state index contributed by atoms with van der Waals surface area (Å²) in [4.78, 5) is 24.6. The summed E-state index contributed by atoms with van der Waals surface area (Å²) in [6, 6.07) is 20.5.